The van der Waals surface area contributed by atoms with Crippen molar-refractivity contribution < 1.29 is 4.79 Å². The van der Waals surface area contributed by atoms with Crippen LogP contribution in [0.25, 0.3) is 0 Å². The smallest absolute Gasteiger partial charge is 0.229 e. The van der Waals surface area contributed by atoms with Gasteiger partial charge in [-0.05, 0) is 43.4 Å². The summed E-state index contributed by atoms with van der Waals surface area (Å²) >= 11 is 0. The molecule has 3 rings (SSSR count). The van der Waals surface area contributed by atoms with E-state index in [2.05, 4.69) is 11.8 Å². The second-order valence-electron chi connectivity index (χ2n) is 6.67. The van der Waals surface area contributed by atoms with E-state index in [1.165, 1.54) is 18.4 Å². The van der Waals surface area contributed by atoms with Gasteiger partial charge in [-0.15, -0.1) is 0 Å². The largest absolute Gasteiger partial charge is 0.399 e. The number of nitrogens with two attached hydrogens (primary N) is 1. The highest BCUT2D eigenvalue weighted by Gasteiger charge is 2.43. The lowest BCUT2D eigenvalue weighted by molar-refractivity contribution is -0.142. The standard InChI is InChI=1S/C17H24N2O/c1-17(10-2-3-11-17)16(20)19(15-8-9-15)12-13-4-6-14(18)7-5-13/h4-7,15H,2-3,8-12,18H2,1H3. The van der Waals surface area contributed by atoms with Crippen LogP contribution in [0.4, 0.5) is 5.69 Å². The van der Waals surface area contributed by atoms with Crippen LogP contribution in [0.1, 0.15) is 51.0 Å². The van der Waals surface area contributed by atoms with E-state index in [1.807, 2.05) is 24.3 Å². The maximum Gasteiger partial charge on any atom is 0.229 e. The summed E-state index contributed by atoms with van der Waals surface area (Å²) in [6.07, 6.45) is 6.83. The summed E-state index contributed by atoms with van der Waals surface area (Å²) in [7, 11) is 0. The van der Waals surface area contributed by atoms with E-state index >= 15 is 0 Å². The highest BCUT2D eigenvalue weighted by molar-refractivity contribution is 5.83. The minimum absolute atomic E-state index is 0.115. The predicted octanol–water partition coefficient (Wildman–Crippen LogP) is 3.34. The highest BCUT2D eigenvalue weighted by Crippen LogP contribution is 2.42. The zero-order valence-corrected chi connectivity index (χ0v) is 12.3. The van der Waals surface area contributed by atoms with Crippen LogP contribution in [-0.4, -0.2) is 16.8 Å². The molecule has 1 aromatic carbocycles. The average Bonchev–Trinajstić information content (AvgIpc) is 3.19. The van der Waals surface area contributed by atoms with Gasteiger partial charge in [-0.1, -0.05) is 31.9 Å². The molecule has 2 N–H and O–H groups in total. The third kappa shape index (κ3) is 2.67. The minimum atomic E-state index is -0.115. The number of hydrogen-bond acceptors (Lipinski definition) is 2. The summed E-state index contributed by atoms with van der Waals surface area (Å²) in [5.41, 5.74) is 7.57. The Bertz CT molecular complexity index is 484. The minimum Gasteiger partial charge on any atom is -0.399 e. The molecule has 3 nitrogen and oxygen atoms in total. The Hall–Kier alpha value is -1.51. The van der Waals surface area contributed by atoms with E-state index in [9.17, 15) is 4.79 Å². The Morgan fingerprint density at radius 3 is 2.40 bits per heavy atom. The summed E-state index contributed by atoms with van der Waals surface area (Å²) in [6, 6.07) is 8.38. The zero-order valence-electron chi connectivity index (χ0n) is 12.3. The fourth-order valence-corrected chi connectivity index (χ4v) is 3.29. The Morgan fingerprint density at radius 1 is 1.25 bits per heavy atom. The molecular weight excluding hydrogens is 248 g/mol. The number of carbonyl (C=O) groups is 1. The molecule has 1 aromatic rings. The summed E-state index contributed by atoms with van der Waals surface area (Å²) in [5, 5.41) is 0. The van der Waals surface area contributed by atoms with Gasteiger partial charge in [0.05, 0.1) is 0 Å². The topological polar surface area (TPSA) is 46.3 Å². The number of anilines is 1. The monoisotopic (exact) mass is 272 g/mol. The molecule has 0 radical (unpaired) electrons. The maximum atomic E-state index is 12.9. The molecule has 0 saturated heterocycles. The van der Waals surface area contributed by atoms with Gasteiger partial charge in [0.1, 0.15) is 0 Å². The van der Waals surface area contributed by atoms with Gasteiger partial charge in [-0.25, -0.2) is 0 Å². The van der Waals surface area contributed by atoms with Gasteiger partial charge in [0.15, 0.2) is 0 Å². The van der Waals surface area contributed by atoms with Crippen molar-refractivity contribution in [3.63, 3.8) is 0 Å². The first-order valence-corrected chi connectivity index (χ1v) is 7.74. The molecule has 2 fully saturated rings. The Morgan fingerprint density at radius 2 is 1.85 bits per heavy atom. The molecule has 2 aliphatic rings. The van der Waals surface area contributed by atoms with Crippen LogP contribution in [0.3, 0.4) is 0 Å². The second-order valence-corrected chi connectivity index (χ2v) is 6.67. The number of amides is 1. The summed E-state index contributed by atoms with van der Waals surface area (Å²) in [6.45, 7) is 2.89. The van der Waals surface area contributed by atoms with Crippen LogP contribution in [0.5, 0.6) is 0 Å². The number of rotatable bonds is 4. The molecule has 2 saturated carbocycles. The maximum absolute atomic E-state index is 12.9. The Labute approximate surface area is 121 Å². The molecule has 0 aliphatic heterocycles. The van der Waals surface area contributed by atoms with Crippen molar-refractivity contribution in [3.05, 3.63) is 29.8 Å². The molecule has 0 aromatic heterocycles. The number of benzene rings is 1. The van der Waals surface area contributed by atoms with Crippen molar-refractivity contribution in [1.29, 1.82) is 0 Å². The molecule has 0 spiro atoms. The second kappa shape index (κ2) is 5.12. The fourth-order valence-electron chi connectivity index (χ4n) is 3.29. The predicted molar refractivity (Wildman–Crippen MR) is 81.0 cm³/mol. The molecular formula is C17H24N2O. The van der Waals surface area contributed by atoms with Gasteiger partial charge in [0.25, 0.3) is 0 Å². The van der Waals surface area contributed by atoms with Crippen molar-refractivity contribution in [3.8, 4) is 0 Å². The molecule has 0 unspecified atom stereocenters. The van der Waals surface area contributed by atoms with Crippen molar-refractivity contribution in [1.82, 2.24) is 4.90 Å². The summed E-state index contributed by atoms with van der Waals surface area (Å²) in [4.78, 5) is 15.0. The molecule has 2 aliphatic carbocycles. The van der Waals surface area contributed by atoms with E-state index in [4.69, 9.17) is 5.73 Å². The lowest BCUT2D eigenvalue weighted by Crippen LogP contribution is -2.42. The van der Waals surface area contributed by atoms with Crippen LogP contribution >= 0.6 is 0 Å². The third-order valence-electron chi connectivity index (χ3n) is 4.80. The van der Waals surface area contributed by atoms with Gasteiger partial charge >= 0.3 is 0 Å². The zero-order chi connectivity index (χ0) is 14.2. The first-order chi connectivity index (χ1) is 9.58. The molecule has 20 heavy (non-hydrogen) atoms. The number of carbonyl (C=O) groups excluding carboxylic acids is 1. The van der Waals surface area contributed by atoms with Gasteiger partial charge in [0, 0.05) is 23.7 Å². The van der Waals surface area contributed by atoms with Gasteiger partial charge in [-0.3, -0.25) is 4.79 Å². The van der Waals surface area contributed by atoms with Crippen LogP contribution in [0, 0.1) is 5.41 Å². The lowest BCUT2D eigenvalue weighted by atomic mass is 9.87. The van der Waals surface area contributed by atoms with Gasteiger partial charge in [0.2, 0.25) is 5.91 Å². The third-order valence-corrected chi connectivity index (χ3v) is 4.80. The average molecular weight is 272 g/mol. The Balaban J connectivity index is 1.75. The number of nitrogen functional groups attached to an aromatic ring is 1. The van der Waals surface area contributed by atoms with Gasteiger partial charge in [-0.2, -0.15) is 0 Å². The van der Waals surface area contributed by atoms with E-state index in [0.717, 1.165) is 37.9 Å². The van der Waals surface area contributed by atoms with Crippen LogP contribution in [0.15, 0.2) is 24.3 Å². The summed E-state index contributed by atoms with van der Waals surface area (Å²) in [5.74, 6) is 0.370. The molecule has 0 heterocycles. The number of nitrogens with zero attached hydrogens (tertiary/aromatic N) is 1. The van der Waals surface area contributed by atoms with Crippen molar-refractivity contribution in [2.24, 2.45) is 5.41 Å². The quantitative estimate of drug-likeness (QED) is 0.854. The van der Waals surface area contributed by atoms with E-state index in [-0.39, 0.29) is 5.41 Å². The molecule has 108 valence electrons. The normalized spacial score (nSPS) is 20.9. The van der Waals surface area contributed by atoms with Crippen molar-refractivity contribution in [2.75, 3.05) is 5.73 Å². The van der Waals surface area contributed by atoms with E-state index in [0.29, 0.717) is 11.9 Å². The summed E-state index contributed by atoms with van der Waals surface area (Å²) < 4.78 is 0. The van der Waals surface area contributed by atoms with Crippen molar-refractivity contribution in [2.45, 2.75) is 58.0 Å². The van der Waals surface area contributed by atoms with E-state index < -0.39 is 0 Å². The van der Waals surface area contributed by atoms with Crippen LogP contribution in [-0.2, 0) is 11.3 Å². The fraction of sp³-hybridized carbons (Fsp3) is 0.588. The Kier molecular flexibility index (Phi) is 3.45. The molecule has 1 amide bonds. The number of hydrogen-bond donors (Lipinski definition) is 1. The van der Waals surface area contributed by atoms with Gasteiger partial charge < -0.3 is 10.6 Å². The molecule has 3 heteroatoms. The van der Waals surface area contributed by atoms with E-state index in [1.54, 1.807) is 0 Å². The first-order valence-electron chi connectivity index (χ1n) is 7.74. The molecule has 0 bridgehead atoms. The SMILES string of the molecule is CC1(C(=O)N(Cc2ccc(N)cc2)C2CC2)CCCC1. The van der Waals surface area contributed by atoms with Crippen LogP contribution in [0.2, 0.25) is 0 Å². The highest BCUT2D eigenvalue weighted by atomic mass is 16.2. The van der Waals surface area contributed by atoms with Crippen LogP contribution < -0.4 is 5.73 Å². The lowest BCUT2D eigenvalue weighted by Gasteiger charge is -2.32. The van der Waals surface area contributed by atoms with Crippen molar-refractivity contribution >= 4 is 11.6 Å². The molecule has 0 atom stereocenters. The first kappa shape index (κ1) is 13.5.